The zero-order chi connectivity index (χ0) is 16.5. The van der Waals surface area contributed by atoms with Crippen molar-refractivity contribution in [3.8, 4) is 0 Å². The highest BCUT2D eigenvalue weighted by atomic mass is 15.2. The van der Waals surface area contributed by atoms with Gasteiger partial charge in [-0.2, -0.15) is 9.97 Å². The molecule has 1 saturated heterocycles. The summed E-state index contributed by atoms with van der Waals surface area (Å²) < 4.78 is 2.18. The Balaban J connectivity index is 1.63. The fourth-order valence-electron chi connectivity index (χ4n) is 3.41. The Bertz CT molecular complexity index is 857. The standard InChI is InChI=1S/C17H21N7/c1-19-17-21-14(18)9-16(22-17)23-7-4-5-12(11-23)13-10-20-15-6-2-3-8-24(13)15/h2-3,6,8-10,12H,4-5,7,11H2,1H3,(H3,18,19,21,22)/t12-/m1/s1. The number of hydrogen-bond acceptors (Lipinski definition) is 6. The highest BCUT2D eigenvalue weighted by Gasteiger charge is 2.25. The number of hydrogen-bond donors (Lipinski definition) is 2. The molecule has 4 rings (SSSR count). The van der Waals surface area contributed by atoms with Gasteiger partial charge in [-0.3, -0.25) is 0 Å². The summed E-state index contributed by atoms with van der Waals surface area (Å²) >= 11 is 0. The number of aromatic nitrogens is 4. The van der Waals surface area contributed by atoms with E-state index in [1.165, 1.54) is 5.69 Å². The average Bonchev–Trinajstić information content (AvgIpc) is 3.05. The van der Waals surface area contributed by atoms with Gasteiger partial charge in [0, 0.05) is 50.2 Å². The molecule has 1 aliphatic rings. The Morgan fingerprint density at radius 2 is 2.21 bits per heavy atom. The molecule has 0 saturated carbocycles. The van der Waals surface area contributed by atoms with Gasteiger partial charge in [0.05, 0.1) is 0 Å². The van der Waals surface area contributed by atoms with Crippen molar-refractivity contribution in [3.05, 3.63) is 42.4 Å². The summed E-state index contributed by atoms with van der Waals surface area (Å²) in [7, 11) is 1.80. The molecule has 0 bridgehead atoms. The second-order valence-electron chi connectivity index (χ2n) is 6.12. The molecule has 1 atom stereocenters. The maximum absolute atomic E-state index is 5.91. The number of rotatable bonds is 3. The SMILES string of the molecule is CNc1nc(N)cc(N2CCC[C@@H](c3cnc4ccccn34)C2)n1. The van der Waals surface area contributed by atoms with Crippen molar-refractivity contribution in [1.82, 2.24) is 19.4 Å². The van der Waals surface area contributed by atoms with Crippen molar-refractivity contribution in [2.24, 2.45) is 0 Å². The Morgan fingerprint density at radius 1 is 1.29 bits per heavy atom. The van der Waals surface area contributed by atoms with Crippen LogP contribution in [-0.4, -0.2) is 39.5 Å². The minimum Gasteiger partial charge on any atom is -0.383 e. The molecule has 7 heteroatoms. The smallest absolute Gasteiger partial charge is 0.226 e. The molecule has 0 radical (unpaired) electrons. The van der Waals surface area contributed by atoms with E-state index in [0.29, 0.717) is 17.7 Å². The van der Waals surface area contributed by atoms with E-state index in [-0.39, 0.29) is 0 Å². The highest BCUT2D eigenvalue weighted by Crippen LogP contribution is 2.30. The first-order valence-electron chi connectivity index (χ1n) is 8.24. The van der Waals surface area contributed by atoms with E-state index >= 15 is 0 Å². The lowest BCUT2D eigenvalue weighted by molar-refractivity contribution is 0.496. The van der Waals surface area contributed by atoms with Crippen LogP contribution in [0.5, 0.6) is 0 Å². The number of nitrogen functional groups attached to an aromatic ring is 1. The Labute approximate surface area is 140 Å². The first-order chi connectivity index (χ1) is 11.7. The molecule has 0 amide bonds. The number of fused-ring (bicyclic) bond motifs is 1. The second kappa shape index (κ2) is 5.99. The number of anilines is 3. The molecular formula is C17H21N7. The molecular weight excluding hydrogens is 302 g/mol. The molecule has 0 aliphatic carbocycles. The lowest BCUT2D eigenvalue weighted by atomic mass is 9.95. The van der Waals surface area contributed by atoms with E-state index < -0.39 is 0 Å². The third kappa shape index (κ3) is 2.62. The van der Waals surface area contributed by atoms with Crippen molar-refractivity contribution in [2.75, 3.05) is 36.1 Å². The van der Waals surface area contributed by atoms with E-state index in [2.05, 4.69) is 35.8 Å². The molecule has 0 aromatic carbocycles. The normalized spacial score (nSPS) is 18.0. The molecule has 24 heavy (non-hydrogen) atoms. The van der Waals surface area contributed by atoms with Crippen LogP contribution in [0.25, 0.3) is 5.65 Å². The molecule has 4 heterocycles. The molecule has 3 N–H and O–H groups in total. The van der Waals surface area contributed by atoms with Gasteiger partial charge in [0.25, 0.3) is 0 Å². The fraction of sp³-hybridized carbons (Fsp3) is 0.353. The van der Waals surface area contributed by atoms with Crippen LogP contribution in [0.15, 0.2) is 36.7 Å². The number of nitrogens with two attached hydrogens (primary N) is 1. The minimum absolute atomic E-state index is 0.422. The average molecular weight is 323 g/mol. The molecule has 3 aromatic rings. The topological polar surface area (TPSA) is 84.4 Å². The first-order valence-corrected chi connectivity index (χ1v) is 8.24. The van der Waals surface area contributed by atoms with Crippen LogP contribution in [0, 0.1) is 0 Å². The lowest BCUT2D eigenvalue weighted by Gasteiger charge is -2.33. The Kier molecular flexibility index (Phi) is 3.68. The van der Waals surface area contributed by atoms with Gasteiger partial charge >= 0.3 is 0 Å². The van der Waals surface area contributed by atoms with Gasteiger partial charge in [0.1, 0.15) is 17.3 Å². The number of pyridine rings is 1. The van der Waals surface area contributed by atoms with Crippen molar-refractivity contribution in [2.45, 2.75) is 18.8 Å². The van der Waals surface area contributed by atoms with Crippen LogP contribution in [0.1, 0.15) is 24.5 Å². The summed E-state index contributed by atoms with van der Waals surface area (Å²) in [4.78, 5) is 15.5. The predicted molar refractivity (Wildman–Crippen MR) is 95.4 cm³/mol. The largest absolute Gasteiger partial charge is 0.383 e. The zero-order valence-electron chi connectivity index (χ0n) is 13.7. The summed E-state index contributed by atoms with van der Waals surface area (Å²) in [5.41, 5.74) is 8.16. The molecule has 1 aliphatic heterocycles. The number of imidazole rings is 1. The van der Waals surface area contributed by atoms with Crippen LogP contribution in [0.4, 0.5) is 17.6 Å². The van der Waals surface area contributed by atoms with Gasteiger partial charge in [-0.25, -0.2) is 4.98 Å². The Morgan fingerprint density at radius 3 is 3.08 bits per heavy atom. The maximum atomic E-state index is 5.91. The van der Waals surface area contributed by atoms with E-state index in [0.717, 1.165) is 37.4 Å². The van der Waals surface area contributed by atoms with Gasteiger partial charge in [0.15, 0.2) is 0 Å². The lowest BCUT2D eigenvalue weighted by Crippen LogP contribution is -2.35. The van der Waals surface area contributed by atoms with E-state index in [1.54, 1.807) is 7.05 Å². The molecule has 0 unspecified atom stereocenters. The van der Waals surface area contributed by atoms with Crippen LogP contribution < -0.4 is 16.0 Å². The molecule has 7 nitrogen and oxygen atoms in total. The summed E-state index contributed by atoms with van der Waals surface area (Å²) in [6.07, 6.45) is 6.34. The van der Waals surface area contributed by atoms with Crippen molar-refractivity contribution in [3.63, 3.8) is 0 Å². The van der Waals surface area contributed by atoms with Gasteiger partial charge in [0.2, 0.25) is 5.95 Å². The minimum atomic E-state index is 0.422. The van der Waals surface area contributed by atoms with E-state index in [1.807, 2.05) is 30.5 Å². The molecule has 3 aromatic heterocycles. The van der Waals surface area contributed by atoms with E-state index in [9.17, 15) is 0 Å². The summed E-state index contributed by atoms with van der Waals surface area (Å²) in [6, 6.07) is 7.94. The zero-order valence-corrected chi connectivity index (χ0v) is 13.7. The van der Waals surface area contributed by atoms with Crippen LogP contribution >= 0.6 is 0 Å². The van der Waals surface area contributed by atoms with Crippen LogP contribution in [0.2, 0.25) is 0 Å². The fourth-order valence-corrected chi connectivity index (χ4v) is 3.41. The first kappa shape index (κ1) is 14.7. The molecule has 124 valence electrons. The van der Waals surface area contributed by atoms with Crippen molar-refractivity contribution in [1.29, 1.82) is 0 Å². The van der Waals surface area contributed by atoms with Gasteiger partial charge in [-0.05, 0) is 25.0 Å². The van der Waals surface area contributed by atoms with E-state index in [4.69, 9.17) is 5.73 Å². The summed E-state index contributed by atoms with van der Waals surface area (Å²) in [6.45, 7) is 1.88. The molecule has 0 spiro atoms. The van der Waals surface area contributed by atoms with Crippen LogP contribution in [-0.2, 0) is 0 Å². The highest BCUT2D eigenvalue weighted by molar-refractivity contribution is 5.52. The number of nitrogens with one attached hydrogen (secondary N) is 1. The summed E-state index contributed by atoms with van der Waals surface area (Å²) in [5.74, 6) is 2.35. The second-order valence-corrected chi connectivity index (χ2v) is 6.12. The van der Waals surface area contributed by atoms with Crippen molar-refractivity contribution >= 4 is 23.2 Å². The van der Waals surface area contributed by atoms with Gasteiger partial charge in [-0.15, -0.1) is 0 Å². The maximum Gasteiger partial charge on any atom is 0.226 e. The third-order valence-electron chi connectivity index (χ3n) is 4.57. The van der Waals surface area contributed by atoms with Crippen LogP contribution in [0.3, 0.4) is 0 Å². The third-order valence-corrected chi connectivity index (χ3v) is 4.57. The Hall–Kier alpha value is -2.83. The van der Waals surface area contributed by atoms with Gasteiger partial charge < -0.3 is 20.4 Å². The van der Waals surface area contributed by atoms with Crippen molar-refractivity contribution < 1.29 is 0 Å². The number of nitrogens with zero attached hydrogens (tertiary/aromatic N) is 5. The van der Waals surface area contributed by atoms with Gasteiger partial charge in [-0.1, -0.05) is 6.07 Å². The number of piperidine rings is 1. The molecule has 1 fully saturated rings. The monoisotopic (exact) mass is 323 g/mol. The predicted octanol–water partition coefficient (Wildman–Crippen LogP) is 2.13. The summed E-state index contributed by atoms with van der Waals surface area (Å²) in [5, 5.41) is 2.97. The quantitative estimate of drug-likeness (QED) is 0.768.